The van der Waals surface area contributed by atoms with Crippen LogP contribution in [0.3, 0.4) is 0 Å². The van der Waals surface area contributed by atoms with Crippen molar-refractivity contribution in [3.05, 3.63) is 69.4 Å². The van der Waals surface area contributed by atoms with Crippen molar-refractivity contribution in [2.75, 3.05) is 0 Å². The minimum Gasteiger partial charge on any atom is -0.243 e. The number of halogens is 1. The van der Waals surface area contributed by atoms with Gasteiger partial charge in [-0.1, -0.05) is 29.5 Å². The van der Waals surface area contributed by atoms with Crippen LogP contribution in [-0.2, 0) is 13.0 Å². The van der Waals surface area contributed by atoms with E-state index in [1.165, 1.54) is 6.07 Å². The lowest BCUT2D eigenvalue weighted by Gasteiger charge is -2.06. The van der Waals surface area contributed by atoms with Gasteiger partial charge < -0.3 is 0 Å². The first kappa shape index (κ1) is 13.5. The molecule has 0 radical (unpaired) electrons. The van der Waals surface area contributed by atoms with E-state index >= 15 is 0 Å². The lowest BCUT2D eigenvalue weighted by molar-refractivity contribution is 0.568. The highest BCUT2D eigenvalue weighted by Gasteiger charge is 2.15. The SMILES string of the molecule is N#Cc1nnn(Cc2ccccc2F)c1Cc1cccs1. The minimum absolute atomic E-state index is 0.266. The molecule has 0 N–H and O–H groups in total. The zero-order valence-electron chi connectivity index (χ0n) is 11.0. The van der Waals surface area contributed by atoms with Gasteiger partial charge in [0.05, 0.1) is 12.2 Å². The molecule has 2 heterocycles. The average molecular weight is 298 g/mol. The van der Waals surface area contributed by atoms with E-state index in [-0.39, 0.29) is 12.4 Å². The summed E-state index contributed by atoms with van der Waals surface area (Å²) >= 11 is 1.61. The van der Waals surface area contributed by atoms with Crippen LogP contribution in [0.1, 0.15) is 21.8 Å². The molecule has 3 rings (SSSR count). The van der Waals surface area contributed by atoms with Gasteiger partial charge in [0, 0.05) is 16.9 Å². The Balaban J connectivity index is 1.94. The highest BCUT2D eigenvalue weighted by Crippen LogP contribution is 2.18. The molecular weight excluding hydrogens is 287 g/mol. The van der Waals surface area contributed by atoms with E-state index in [2.05, 4.69) is 10.3 Å². The Morgan fingerprint density at radius 1 is 1.24 bits per heavy atom. The molecule has 3 aromatic rings. The fraction of sp³-hybridized carbons (Fsp3) is 0.133. The number of thiophene rings is 1. The summed E-state index contributed by atoms with van der Waals surface area (Å²) in [5.41, 5.74) is 1.53. The molecule has 0 aliphatic heterocycles. The van der Waals surface area contributed by atoms with Crippen molar-refractivity contribution in [2.45, 2.75) is 13.0 Å². The Hall–Kier alpha value is -2.52. The summed E-state index contributed by atoms with van der Waals surface area (Å²) in [5, 5.41) is 19.0. The topological polar surface area (TPSA) is 54.5 Å². The number of rotatable bonds is 4. The highest BCUT2D eigenvalue weighted by molar-refractivity contribution is 7.09. The maximum absolute atomic E-state index is 13.7. The lowest BCUT2D eigenvalue weighted by atomic mass is 10.2. The van der Waals surface area contributed by atoms with E-state index in [9.17, 15) is 4.39 Å². The van der Waals surface area contributed by atoms with Crippen LogP contribution in [0.4, 0.5) is 4.39 Å². The Morgan fingerprint density at radius 2 is 2.10 bits per heavy atom. The summed E-state index contributed by atoms with van der Waals surface area (Å²) in [6.45, 7) is 0.266. The van der Waals surface area contributed by atoms with Gasteiger partial charge in [0.15, 0.2) is 5.69 Å². The standard InChI is InChI=1S/C15H11FN4S/c16-13-6-2-1-4-11(13)10-20-15(14(9-17)18-19-20)8-12-5-3-7-21-12/h1-7H,8,10H2. The minimum atomic E-state index is -0.284. The predicted molar refractivity (Wildman–Crippen MR) is 77.4 cm³/mol. The number of nitrogens with zero attached hydrogens (tertiary/aromatic N) is 4. The van der Waals surface area contributed by atoms with Crippen molar-refractivity contribution in [3.8, 4) is 6.07 Å². The molecular formula is C15H11FN4S. The maximum atomic E-state index is 13.7. The second-order valence-corrected chi connectivity index (χ2v) is 5.53. The molecule has 0 fully saturated rings. The molecule has 2 aromatic heterocycles. The van der Waals surface area contributed by atoms with Crippen LogP contribution in [0.15, 0.2) is 41.8 Å². The van der Waals surface area contributed by atoms with E-state index in [1.807, 2.05) is 23.6 Å². The average Bonchev–Trinajstić information content (AvgIpc) is 3.13. The van der Waals surface area contributed by atoms with Gasteiger partial charge in [-0.2, -0.15) is 5.26 Å². The van der Waals surface area contributed by atoms with Gasteiger partial charge in [-0.05, 0) is 17.5 Å². The molecule has 6 heteroatoms. The molecule has 0 unspecified atom stereocenters. The third-order valence-electron chi connectivity index (χ3n) is 3.14. The van der Waals surface area contributed by atoms with Crippen LogP contribution in [0.2, 0.25) is 0 Å². The number of benzene rings is 1. The Morgan fingerprint density at radius 3 is 2.81 bits per heavy atom. The van der Waals surface area contributed by atoms with Crippen LogP contribution in [0, 0.1) is 17.1 Å². The number of nitriles is 1. The summed E-state index contributed by atoms with van der Waals surface area (Å²) in [5.74, 6) is -0.284. The quantitative estimate of drug-likeness (QED) is 0.744. The summed E-state index contributed by atoms with van der Waals surface area (Å²) < 4.78 is 15.3. The van der Waals surface area contributed by atoms with Gasteiger partial charge in [0.2, 0.25) is 0 Å². The van der Waals surface area contributed by atoms with Gasteiger partial charge in [-0.25, -0.2) is 9.07 Å². The van der Waals surface area contributed by atoms with E-state index in [0.717, 1.165) is 4.88 Å². The first-order valence-electron chi connectivity index (χ1n) is 6.36. The van der Waals surface area contributed by atoms with Crippen molar-refractivity contribution in [1.82, 2.24) is 15.0 Å². The fourth-order valence-electron chi connectivity index (χ4n) is 2.09. The van der Waals surface area contributed by atoms with Gasteiger partial charge in [0.25, 0.3) is 0 Å². The molecule has 1 aromatic carbocycles. The molecule has 0 amide bonds. The van der Waals surface area contributed by atoms with Crippen molar-refractivity contribution < 1.29 is 4.39 Å². The Labute approximate surface area is 125 Å². The lowest BCUT2D eigenvalue weighted by Crippen LogP contribution is -2.08. The van der Waals surface area contributed by atoms with Crippen LogP contribution in [0.5, 0.6) is 0 Å². The zero-order chi connectivity index (χ0) is 14.7. The summed E-state index contributed by atoms with van der Waals surface area (Å²) in [4.78, 5) is 1.11. The number of hydrogen-bond acceptors (Lipinski definition) is 4. The summed E-state index contributed by atoms with van der Waals surface area (Å²) in [7, 11) is 0. The first-order valence-corrected chi connectivity index (χ1v) is 7.24. The van der Waals surface area contributed by atoms with Gasteiger partial charge in [-0.3, -0.25) is 0 Å². The molecule has 0 spiro atoms. The summed E-state index contributed by atoms with van der Waals surface area (Å²) in [6, 6.07) is 12.5. The molecule has 21 heavy (non-hydrogen) atoms. The maximum Gasteiger partial charge on any atom is 0.186 e. The highest BCUT2D eigenvalue weighted by atomic mass is 32.1. The van der Waals surface area contributed by atoms with E-state index in [0.29, 0.717) is 23.4 Å². The molecule has 0 saturated carbocycles. The molecule has 104 valence electrons. The van der Waals surface area contributed by atoms with Crippen LogP contribution in [-0.4, -0.2) is 15.0 Å². The third kappa shape index (κ3) is 2.83. The van der Waals surface area contributed by atoms with Gasteiger partial charge in [-0.15, -0.1) is 16.4 Å². The van der Waals surface area contributed by atoms with Crippen molar-refractivity contribution >= 4 is 11.3 Å². The molecule has 0 aliphatic carbocycles. The third-order valence-corrected chi connectivity index (χ3v) is 4.02. The second-order valence-electron chi connectivity index (χ2n) is 4.50. The van der Waals surface area contributed by atoms with Crippen LogP contribution < -0.4 is 0 Å². The van der Waals surface area contributed by atoms with E-state index in [4.69, 9.17) is 5.26 Å². The summed E-state index contributed by atoms with van der Waals surface area (Å²) in [6.07, 6.45) is 0.571. The van der Waals surface area contributed by atoms with Crippen molar-refractivity contribution in [2.24, 2.45) is 0 Å². The van der Waals surface area contributed by atoms with Gasteiger partial charge in [0.1, 0.15) is 11.9 Å². The van der Waals surface area contributed by atoms with Gasteiger partial charge >= 0.3 is 0 Å². The number of aromatic nitrogens is 3. The normalized spacial score (nSPS) is 10.5. The molecule has 4 nitrogen and oxygen atoms in total. The van der Waals surface area contributed by atoms with Crippen LogP contribution in [0.25, 0.3) is 0 Å². The smallest absolute Gasteiger partial charge is 0.186 e. The molecule has 0 atom stereocenters. The largest absolute Gasteiger partial charge is 0.243 e. The molecule has 0 saturated heterocycles. The molecule has 0 aliphatic rings. The van der Waals surface area contributed by atoms with Crippen LogP contribution >= 0.6 is 11.3 Å². The number of hydrogen-bond donors (Lipinski definition) is 0. The monoisotopic (exact) mass is 298 g/mol. The van der Waals surface area contributed by atoms with E-state index < -0.39 is 0 Å². The molecule has 0 bridgehead atoms. The Kier molecular flexibility index (Phi) is 3.75. The predicted octanol–water partition coefficient (Wildman–Crippen LogP) is 2.99. The first-order chi connectivity index (χ1) is 10.3. The van der Waals surface area contributed by atoms with Crippen molar-refractivity contribution in [3.63, 3.8) is 0 Å². The second kappa shape index (κ2) is 5.85. The van der Waals surface area contributed by atoms with Crippen molar-refractivity contribution in [1.29, 1.82) is 5.26 Å². The fourth-order valence-corrected chi connectivity index (χ4v) is 2.80. The zero-order valence-corrected chi connectivity index (χ0v) is 11.8. The van der Waals surface area contributed by atoms with E-state index in [1.54, 1.807) is 34.2 Å². The Bertz CT molecular complexity index is 786.